The Morgan fingerprint density at radius 3 is 2.54 bits per heavy atom. The molecule has 1 aromatic heterocycles. The first kappa shape index (κ1) is 19.2. The molecule has 3 aromatic rings. The number of pyridine rings is 1. The zero-order chi connectivity index (χ0) is 20.1. The highest BCUT2D eigenvalue weighted by Crippen LogP contribution is 2.22. The fourth-order valence-corrected chi connectivity index (χ4v) is 2.78. The van der Waals surface area contributed by atoms with Crippen molar-refractivity contribution in [1.82, 2.24) is 10.3 Å². The van der Waals surface area contributed by atoms with Crippen molar-refractivity contribution in [2.75, 3.05) is 11.9 Å². The van der Waals surface area contributed by atoms with Gasteiger partial charge in [-0.2, -0.15) is 0 Å². The molecule has 144 valence electrons. The predicted octanol–water partition coefficient (Wildman–Crippen LogP) is 2.36. The van der Waals surface area contributed by atoms with Gasteiger partial charge in [0.25, 0.3) is 5.69 Å². The quantitative estimate of drug-likeness (QED) is 0.381. The standard InChI is InChI=1S/C19H18N4O5/c24-11-16(18(25)13-6-8-14(9-7-13)23(27)28)22-19(26)21-15-5-1-3-12-4-2-10-20-17(12)15/h1-10,16,18,24-25H,11H2,(H2,21,22,26). The van der Waals surface area contributed by atoms with Crippen LogP contribution in [-0.4, -0.2) is 38.8 Å². The Bertz CT molecular complexity index is 988. The molecule has 0 aliphatic carbocycles. The summed E-state index contributed by atoms with van der Waals surface area (Å²) in [7, 11) is 0. The maximum atomic E-state index is 12.3. The van der Waals surface area contributed by atoms with Gasteiger partial charge >= 0.3 is 6.03 Å². The zero-order valence-electron chi connectivity index (χ0n) is 14.6. The number of anilines is 1. The van der Waals surface area contributed by atoms with E-state index in [0.717, 1.165) is 5.39 Å². The number of nitrogens with zero attached hydrogens (tertiary/aromatic N) is 2. The average molecular weight is 382 g/mol. The molecule has 2 aromatic carbocycles. The molecular formula is C19H18N4O5. The van der Waals surface area contributed by atoms with Crippen LogP contribution in [0.25, 0.3) is 10.9 Å². The molecule has 2 amide bonds. The van der Waals surface area contributed by atoms with Crippen LogP contribution in [0, 0.1) is 10.1 Å². The van der Waals surface area contributed by atoms with E-state index in [4.69, 9.17) is 0 Å². The molecule has 0 fully saturated rings. The van der Waals surface area contributed by atoms with E-state index in [9.17, 15) is 25.1 Å². The van der Waals surface area contributed by atoms with Crippen molar-refractivity contribution in [2.45, 2.75) is 12.1 Å². The Hall–Kier alpha value is -3.56. The number of hydrogen-bond donors (Lipinski definition) is 4. The van der Waals surface area contributed by atoms with Gasteiger partial charge in [0.15, 0.2) is 0 Å². The molecule has 4 N–H and O–H groups in total. The number of aliphatic hydroxyl groups is 2. The zero-order valence-corrected chi connectivity index (χ0v) is 14.6. The van der Waals surface area contributed by atoms with Gasteiger partial charge in [-0.15, -0.1) is 0 Å². The molecule has 1 heterocycles. The summed E-state index contributed by atoms with van der Waals surface area (Å²) in [5, 5.41) is 36.7. The number of urea groups is 1. The van der Waals surface area contributed by atoms with Gasteiger partial charge in [0.05, 0.1) is 28.8 Å². The number of benzene rings is 2. The number of aromatic nitrogens is 1. The predicted molar refractivity (Wildman–Crippen MR) is 103 cm³/mol. The normalized spacial score (nSPS) is 12.9. The van der Waals surface area contributed by atoms with Crippen LogP contribution >= 0.6 is 0 Å². The molecule has 0 radical (unpaired) electrons. The monoisotopic (exact) mass is 382 g/mol. The van der Waals surface area contributed by atoms with Crippen LogP contribution in [0.2, 0.25) is 0 Å². The first-order valence-electron chi connectivity index (χ1n) is 8.44. The topological polar surface area (TPSA) is 138 Å². The largest absolute Gasteiger partial charge is 0.394 e. The van der Waals surface area contributed by atoms with Crippen LogP contribution in [0.1, 0.15) is 11.7 Å². The van der Waals surface area contributed by atoms with Gasteiger partial charge in [-0.1, -0.05) is 18.2 Å². The molecule has 2 atom stereocenters. The van der Waals surface area contributed by atoms with Crippen molar-refractivity contribution in [2.24, 2.45) is 0 Å². The van der Waals surface area contributed by atoms with E-state index in [1.54, 1.807) is 24.4 Å². The highest BCUT2D eigenvalue weighted by molar-refractivity contribution is 5.99. The van der Waals surface area contributed by atoms with Gasteiger partial charge in [-0.05, 0) is 29.8 Å². The lowest BCUT2D eigenvalue weighted by Gasteiger charge is -2.23. The number of nitro benzene ring substituents is 1. The molecule has 0 saturated heterocycles. The van der Waals surface area contributed by atoms with Crippen LogP contribution in [0.5, 0.6) is 0 Å². The van der Waals surface area contributed by atoms with E-state index in [1.807, 2.05) is 12.1 Å². The first-order chi connectivity index (χ1) is 13.5. The summed E-state index contributed by atoms with van der Waals surface area (Å²) < 4.78 is 0. The second-order valence-electron chi connectivity index (χ2n) is 6.06. The van der Waals surface area contributed by atoms with Crippen LogP contribution < -0.4 is 10.6 Å². The van der Waals surface area contributed by atoms with Gasteiger partial charge in [-0.3, -0.25) is 15.1 Å². The molecule has 0 saturated carbocycles. The first-order valence-corrected chi connectivity index (χ1v) is 8.44. The third-order valence-electron chi connectivity index (χ3n) is 4.22. The molecule has 2 unspecified atom stereocenters. The number of nitrogens with one attached hydrogen (secondary N) is 2. The van der Waals surface area contributed by atoms with E-state index in [2.05, 4.69) is 15.6 Å². The van der Waals surface area contributed by atoms with Crippen LogP contribution in [0.15, 0.2) is 60.8 Å². The summed E-state index contributed by atoms with van der Waals surface area (Å²) in [4.78, 5) is 26.8. The number of carbonyl (C=O) groups excluding carboxylic acids is 1. The van der Waals surface area contributed by atoms with E-state index < -0.39 is 29.7 Å². The van der Waals surface area contributed by atoms with Gasteiger partial charge in [0.2, 0.25) is 0 Å². The smallest absolute Gasteiger partial charge is 0.319 e. The van der Waals surface area contributed by atoms with Crippen LogP contribution in [-0.2, 0) is 0 Å². The SMILES string of the molecule is O=C(Nc1cccc2cccnc12)NC(CO)C(O)c1ccc([N+](=O)[O-])cc1. The number of non-ortho nitro benzene ring substituents is 1. The number of hydrogen-bond acceptors (Lipinski definition) is 6. The molecule has 0 aliphatic heterocycles. The Kier molecular flexibility index (Phi) is 5.78. The fourth-order valence-electron chi connectivity index (χ4n) is 2.78. The fraction of sp³-hybridized carbons (Fsp3) is 0.158. The maximum Gasteiger partial charge on any atom is 0.319 e. The minimum atomic E-state index is -1.25. The van der Waals surface area contributed by atoms with Crippen molar-refractivity contribution in [3.8, 4) is 0 Å². The van der Waals surface area contributed by atoms with Crippen molar-refractivity contribution < 1.29 is 19.9 Å². The van der Waals surface area contributed by atoms with Gasteiger partial charge in [-0.25, -0.2) is 4.79 Å². The Morgan fingerprint density at radius 1 is 1.14 bits per heavy atom. The number of rotatable bonds is 6. The van der Waals surface area contributed by atoms with Crippen LogP contribution in [0.4, 0.5) is 16.2 Å². The third kappa shape index (κ3) is 4.22. The summed E-state index contributed by atoms with van der Waals surface area (Å²) >= 11 is 0. The summed E-state index contributed by atoms with van der Waals surface area (Å²) in [6, 6.07) is 12.6. The lowest BCUT2D eigenvalue weighted by molar-refractivity contribution is -0.384. The lowest BCUT2D eigenvalue weighted by atomic mass is 10.0. The summed E-state index contributed by atoms with van der Waals surface area (Å²) in [6.07, 6.45) is 0.363. The minimum Gasteiger partial charge on any atom is -0.394 e. The second-order valence-corrected chi connectivity index (χ2v) is 6.06. The van der Waals surface area contributed by atoms with Crippen molar-refractivity contribution in [3.63, 3.8) is 0 Å². The van der Waals surface area contributed by atoms with E-state index in [0.29, 0.717) is 16.8 Å². The second kappa shape index (κ2) is 8.42. The molecule has 0 aliphatic rings. The molecule has 9 heteroatoms. The molecule has 0 spiro atoms. The van der Waals surface area contributed by atoms with Crippen LogP contribution in [0.3, 0.4) is 0 Å². The Labute approximate surface area is 159 Å². The summed E-state index contributed by atoms with van der Waals surface area (Å²) in [6.45, 7) is -0.528. The van der Waals surface area contributed by atoms with Gasteiger partial charge in [0.1, 0.15) is 6.10 Å². The lowest BCUT2D eigenvalue weighted by Crippen LogP contribution is -2.44. The molecule has 3 rings (SSSR count). The van der Waals surface area contributed by atoms with E-state index in [1.165, 1.54) is 24.3 Å². The Balaban J connectivity index is 1.71. The molecular weight excluding hydrogens is 364 g/mol. The highest BCUT2D eigenvalue weighted by Gasteiger charge is 2.23. The number of fused-ring (bicyclic) bond motifs is 1. The van der Waals surface area contributed by atoms with E-state index in [-0.39, 0.29) is 5.69 Å². The summed E-state index contributed by atoms with van der Waals surface area (Å²) in [5.74, 6) is 0. The number of para-hydroxylation sites is 1. The van der Waals surface area contributed by atoms with Crippen molar-refractivity contribution in [3.05, 3.63) is 76.5 Å². The minimum absolute atomic E-state index is 0.120. The number of nitro groups is 1. The summed E-state index contributed by atoms with van der Waals surface area (Å²) in [5.41, 5.74) is 1.30. The van der Waals surface area contributed by atoms with Crippen molar-refractivity contribution in [1.29, 1.82) is 0 Å². The number of carbonyl (C=O) groups is 1. The Morgan fingerprint density at radius 2 is 1.86 bits per heavy atom. The molecule has 28 heavy (non-hydrogen) atoms. The molecule has 0 bridgehead atoms. The van der Waals surface area contributed by atoms with Gasteiger partial charge in [0, 0.05) is 23.7 Å². The average Bonchev–Trinajstić information content (AvgIpc) is 2.72. The van der Waals surface area contributed by atoms with Gasteiger partial charge < -0.3 is 20.8 Å². The van der Waals surface area contributed by atoms with Crippen molar-refractivity contribution >= 4 is 28.3 Å². The molecule has 9 nitrogen and oxygen atoms in total. The third-order valence-corrected chi connectivity index (χ3v) is 4.22. The number of amides is 2. The maximum absolute atomic E-state index is 12.3. The number of aliphatic hydroxyl groups excluding tert-OH is 2. The highest BCUT2D eigenvalue weighted by atomic mass is 16.6. The van der Waals surface area contributed by atoms with E-state index >= 15 is 0 Å².